The van der Waals surface area contributed by atoms with Gasteiger partial charge >= 0.3 is 5.97 Å². The molecule has 24 heavy (non-hydrogen) atoms. The van der Waals surface area contributed by atoms with Crippen molar-refractivity contribution in [3.05, 3.63) is 44.1 Å². The monoisotopic (exact) mass is 778 g/mol. The third-order valence-corrected chi connectivity index (χ3v) is 6.23. The van der Waals surface area contributed by atoms with Gasteiger partial charge < -0.3 is 20.1 Å². The smallest absolute Gasteiger partial charge is 0.332 e. The number of aliphatic carboxylic acids is 1. The second-order valence-corrected chi connectivity index (χ2v) is 9.43. The van der Waals surface area contributed by atoms with E-state index >= 15 is 0 Å². The molecule has 0 fully saturated rings. The third kappa shape index (κ3) is 5.20. The highest BCUT2D eigenvalue weighted by Gasteiger charge is 2.17. The number of benzene rings is 2. The van der Waals surface area contributed by atoms with Gasteiger partial charge in [0.2, 0.25) is 0 Å². The zero-order chi connectivity index (χ0) is 18.0. The van der Waals surface area contributed by atoms with E-state index in [1.807, 2.05) is 45.2 Å². The molecule has 128 valence electrons. The Morgan fingerprint density at radius 1 is 1.00 bits per heavy atom. The van der Waals surface area contributed by atoms with Crippen LogP contribution in [-0.2, 0) is 11.2 Å². The van der Waals surface area contributed by atoms with Crippen LogP contribution < -0.4 is 4.74 Å². The van der Waals surface area contributed by atoms with Gasteiger partial charge in [-0.3, -0.25) is 0 Å². The van der Waals surface area contributed by atoms with Gasteiger partial charge in [0.25, 0.3) is 0 Å². The van der Waals surface area contributed by atoms with Gasteiger partial charge in [-0.1, -0.05) is 0 Å². The highest BCUT2D eigenvalue weighted by Crippen LogP contribution is 2.36. The van der Waals surface area contributed by atoms with Crippen molar-refractivity contribution in [1.82, 2.24) is 0 Å². The van der Waals surface area contributed by atoms with Crippen molar-refractivity contribution in [3.8, 4) is 17.2 Å². The SMILES string of the molecule is O=C(O)[C@@H](O)Cc1cc(I)c(Oc2cc(I)c(O)c(I)c2)c(I)c1. The summed E-state index contributed by atoms with van der Waals surface area (Å²) in [6.07, 6.45) is -1.39. The van der Waals surface area contributed by atoms with Crippen molar-refractivity contribution in [2.45, 2.75) is 12.5 Å². The average Bonchev–Trinajstić information content (AvgIpc) is 2.48. The molecule has 0 aliphatic carbocycles. The fourth-order valence-corrected chi connectivity index (χ4v) is 5.69. The van der Waals surface area contributed by atoms with Gasteiger partial charge in [0.05, 0.1) is 14.3 Å². The van der Waals surface area contributed by atoms with E-state index in [0.717, 1.165) is 12.7 Å². The Kier molecular flexibility index (Phi) is 7.64. The van der Waals surface area contributed by atoms with Crippen LogP contribution in [0.25, 0.3) is 0 Å². The molecule has 0 saturated carbocycles. The number of phenols is 1. The van der Waals surface area contributed by atoms with Crippen molar-refractivity contribution in [1.29, 1.82) is 0 Å². The first-order valence-corrected chi connectivity index (χ1v) is 10.7. The van der Waals surface area contributed by atoms with Crippen LogP contribution in [0.15, 0.2) is 24.3 Å². The van der Waals surface area contributed by atoms with E-state index in [1.54, 1.807) is 24.3 Å². The lowest BCUT2D eigenvalue weighted by Crippen LogP contribution is -2.22. The zero-order valence-corrected chi connectivity index (χ0v) is 20.4. The van der Waals surface area contributed by atoms with Crippen LogP contribution in [-0.4, -0.2) is 27.4 Å². The molecule has 5 nitrogen and oxygen atoms in total. The first kappa shape index (κ1) is 20.7. The minimum absolute atomic E-state index is 0.0383. The largest absolute Gasteiger partial charge is 0.506 e. The van der Waals surface area contributed by atoms with Crippen LogP contribution in [0.4, 0.5) is 0 Å². The lowest BCUT2D eigenvalue weighted by molar-refractivity contribution is -0.146. The third-order valence-electron chi connectivity index (χ3n) is 2.98. The summed E-state index contributed by atoms with van der Waals surface area (Å²) in [6, 6.07) is 7.07. The zero-order valence-electron chi connectivity index (χ0n) is 11.8. The van der Waals surface area contributed by atoms with Crippen molar-refractivity contribution in [2.24, 2.45) is 0 Å². The predicted octanol–water partition coefficient (Wildman–Crippen LogP) is 4.59. The molecule has 0 aliphatic heterocycles. The van der Waals surface area contributed by atoms with Crippen LogP contribution in [0.1, 0.15) is 5.56 Å². The normalized spacial score (nSPS) is 12.0. The number of phenolic OH excluding ortho intramolecular Hbond substituents is 1. The second-order valence-electron chi connectivity index (χ2n) is 4.78. The summed E-state index contributed by atoms with van der Waals surface area (Å²) < 4.78 is 8.96. The average molecular weight is 778 g/mol. The standard InChI is InChI=1S/C15H10I4O5/c16-8-4-7(5-9(17)13(8)21)24-14-10(18)1-6(2-11(14)19)3-12(20)15(22)23/h1-2,4-5,12,20-21H,3H2,(H,22,23)/t12-/m0/s1. The molecule has 0 bridgehead atoms. The fourth-order valence-electron chi connectivity index (χ4n) is 1.86. The van der Waals surface area contributed by atoms with Gasteiger partial charge in [0.15, 0.2) is 11.9 Å². The number of carboxylic acid groups (broad SMARTS) is 1. The van der Waals surface area contributed by atoms with E-state index in [0.29, 0.717) is 18.6 Å². The lowest BCUT2D eigenvalue weighted by atomic mass is 10.1. The maximum atomic E-state index is 10.8. The summed E-state index contributed by atoms with van der Waals surface area (Å²) >= 11 is 8.31. The Labute approximate surface area is 192 Å². The van der Waals surface area contributed by atoms with Crippen molar-refractivity contribution >= 4 is 96.3 Å². The molecule has 1 atom stereocenters. The number of hydrogen-bond donors (Lipinski definition) is 3. The topological polar surface area (TPSA) is 87.0 Å². The lowest BCUT2D eigenvalue weighted by Gasteiger charge is -2.14. The van der Waals surface area contributed by atoms with E-state index < -0.39 is 12.1 Å². The number of halogens is 4. The van der Waals surface area contributed by atoms with Crippen LogP contribution in [0.5, 0.6) is 17.2 Å². The maximum Gasteiger partial charge on any atom is 0.332 e. The van der Waals surface area contributed by atoms with E-state index in [2.05, 4.69) is 45.2 Å². The Bertz CT molecular complexity index is 747. The first-order valence-electron chi connectivity index (χ1n) is 6.43. The molecule has 0 amide bonds. The molecule has 0 unspecified atom stereocenters. The molecule has 0 aromatic heterocycles. The highest BCUT2D eigenvalue weighted by atomic mass is 127. The number of aliphatic hydroxyl groups is 1. The number of rotatable bonds is 5. The van der Waals surface area contributed by atoms with Crippen LogP contribution in [0.3, 0.4) is 0 Å². The molecule has 2 rings (SSSR count). The summed E-state index contributed by atoms with van der Waals surface area (Å²) in [6.45, 7) is 0. The van der Waals surface area contributed by atoms with Crippen molar-refractivity contribution < 1.29 is 24.9 Å². The molecule has 0 saturated heterocycles. The quantitative estimate of drug-likeness (QED) is 0.387. The van der Waals surface area contributed by atoms with E-state index in [1.165, 1.54) is 0 Å². The van der Waals surface area contributed by atoms with E-state index in [9.17, 15) is 15.0 Å². The summed E-state index contributed by atoms with van der Waals surface area (Å²) in [5.74, 6) is 0.248. The highest BCUT2D eigenvalue weighted by molar-refractivity contribution is 14.1. The van der Waals surface area contributed by atoms with Gasteiger partial charge in [-0.25, -0.2) is 4.79 Å². The number of carbonyl (C=O) groups is 1. The van der Waals surface area contributed by atoms with Crippen molar-refractivity contribution in [3.63, 3.8) is 0 Å². The molecular formula is C15H10I4O5. The van der Waals surface area contributed by atoms with Crippen molar-refractivity contribution in [2.75, 3.05) is 0 Å². The molecule has 0 heterocycles. The van der Waals surface area contributed by atoms with Gasteiger partial charge in [0.1, 0.15) is 11.5 Å². The maximum absolute atomic E-state index is 10.8. The Morgan fingerprint density at radius 3 is 1.96 bits per heavy atom. The van der Waals surface area contributed by atoms with Gasteiger partial charge in [-0.2, -0.15) is 0 Å². The molecule has 0 radical (unpaired) electrons. The van der Waals surface area contributed by atoms with E-state index in [-0.39, 0.29) is 12.2 Å². The Hall–Kier alpha value is 0.390. The van der Waals surface area contributed by atoms with Gasteiger partial charge in [-0.05, 0) is 120 Å². The second kappa shape index (κ2) is 8.85. The molecule has 2 aromatic carbocycles. The molecule has 0 spiro atoms. The van der Waals surface area contributed by atoms with Gasteiger partial charge in [0, 0.05) is 6.42 Å². The minimum atomic E-state index is -1.43. The van der Waals surface area contributed by atoms with Crippen LogP contribution in [0, 0.1) is 14.3 Å². The molecule has 3 N–H and O–H groups in total. The Balaban J connectivity index is 2.30. The molecule has 9 heteroatoms. The number of ether oxygens (including phenoxy) is 1. The number of carboxylic acids is 1. The van der Waals surface area contributed by atoms with E-state index in [4.69, 9.17) is 9.84 Å². The molecule has 0 aliphatic rings. The summed E-state index contributed by atoms with van der Waals surface area (Å²) in [5.41, 5.74) is 0.723. The Morgan fingerprint density at radius 2 is 1.50 bits per heavy atom. The minimum Gasteiger partial charge on any atom is -0.506 e. The molecule has 2 aromatic rings. The van der Waals surface area contributed by atoms with Crippen LogP contribution >= 0.6 is 90.4 Å². The molecular weight excluding hydrogens is 768 g/mol. The number of hydrogen-bond acceptors (Lipinski definition) is 4. The first-order chi connectivity index (χ1) is 11.2. The van der Waals surface area contributed by atoms with Gasteiger partial charge in [-0.15, -0.1) is 0 Å². The summed E-state index contributed by atoms with van der Waals surface area (Å²) in [5, 5.41) is 28.1. The number of aromatic hydroxyl groups is 1. The fraction of sp³-hybridized carbons (Fsp3) is 0.133. The summed E-state index contributed by atoms with van der Waals surface area (Å²) in [7, 11) is 0. The van der Waals surface area contributed by atoms with Crippen LogP contribution in [0.2, 0.25) is 0 Å². The number of aliphatic hydroxyl groups excluding tert-OH is 1. The summed E-state index contributed by atoms with van der Waals surface area (Å²) in [4.78, 5) is 10.8. The predicted molar refractivity (Wildman–Crippen MR) is 123 cm³/mol.